The third-order valence-electron chi connectivity index (χ3n) is 5.00. The lowest BCUT2D eigenvalue weighted by atomic mass is 10.2. The topological polar surface area (TPSA) is 98.3 Å². The van der Waals surface area contributed by atoms with E-state index in [0.717, 1.165) is 44.5 Å². The molecule has 30 heavy (non-hydrogen) atoms. The minimum Gasteiger partial charge on any atom is -0.411 e. The first kappa shape index (κ1) is 17.7. The number of pyridine rings is 1. The molecule has 10 heteroatoms. The lowest BCUT2D eigenvalue weighted by Crippen LogP contribution is -2.11. The fraction of sp³-hybridized carbons (Fsp3) is 0.150. The van der Waals surface area contributed by atoms with E-state index >= 15 is 0 Å². The molecule has 1 atom stereocenters. The Morgan fingerprint density at radius 3 is 2.93 bits per heavy atom. The maximum Gasteiger partial charge on any atom is 0.276 e. The summed E-state index contributed by atoms with van der Waals surface area (Å²) in [6, 6.07) is 12.2. The van der Waals surface area contributed by atoms with Crippen LogP contribution in [0.2, 0.25) is 0 Å². The monoisotopic (exact) mass is 433 g/mol. The number of hydrogen-bond donors (Lipinski definition) is 1. The predicted molar refractivity (Wildman–Crippen MR) is 115 cm³/mol. The van der Waals surface area contributed by atoms with Gasteiger partial charge in [-0.15, -0.1) is 20.4 Å². The van der Waals surface area contributed by atoms with E-state index < -0.39 is 0 Å². The van der Waals surface area contributed by atoms with Crippen LogP contribution < -0.4 is 0 Å². The summed E-state index contributed by atoms with van der Waals surface area (Å²) in [4.78, 5) is 7.33. The number of H-pyrrole nitrogens is 1. The third kappa shape index (κ3) is 2.99. The van der Waals surface area contributed by atoms with E-state index in [2.05, 4.69) is 34.9 Å². The number of rotatable bonds is 5. The van der Waals surface area contributed by atoms with E-state index in [1.54, 1.807) is 35.9 Å². The molecular weight excluding hydrogens is 418 g/mol. The third-order valence-corrected chi connectivity index (χ3v) is 7.05. The van der Waals surface area contributed by atoms with Crippen LogP contribution in [0.4, 0.5) is 0 Å². The van der Waals surface area contributed by atoms with Crippen molar-refractivity contribution in [2.24, 2.45) is 0 Å². The van der Waals surface area contributed by atoms with Crippen LogP contribution in [0.25, 0.3) is 33.7 Å². The Balaban J connectivity index is 1.22. The lowest BCUT2D eigenvalue weighted by Gasteiger charge is -2.12. The molecule has 0 unspecified atom stereocenters. The predicted octanol–water partition coefficient (Wildman–Crippen LogP) is 4.31. The summed E-state index contributed by atoms with van der Waals surface area (Å²) in [6.07, 6.45) is 5.45. The normalized spacial score (nSPS) is 15.7. The molecular formula is C20H15N7OS2. The maximum absolute atomic E-state index is 5.95. The number of benzene rings is 1. The van der Waals surface area contributed by atoms with E-state index in [1.165, 1.54) is 0 Å². The fourth-order valence-corrected chi connectivity index (χ4v) is 5.63. The van der Waals surface area contributed by atoms with Crippen LogP contribution in [-0.4, -0.2) is 46.4 Å². The molecule has 1 aliphatic rings. The van der Waals surface area contributed by atoms with E-state index in [0.29, 0.717) is 11.1 Å². The number of hydrogen-bond acceptors (Lipinski definition) is 8. The second kappa shape index (κ2) is 7.29. The summed E-state index contributed by atoms with van der Waals surface area (Å²) in [6.45, 7) is 0. The molecule has 0 amide bonds. The van der Waals surface area contributed by atoms with E-state index in [-0.39, 0.29) is 6.04 Å². The van der Waals surface area contributed by atoms with Gasteiger partial charge in [0.05, 0.1) is 11.6 Å². The first-order valence-corrected chi connectivity index (χ1v) is 11.3. The van der Waals surface area contributed by atoms with Crippen molar-refractivity contribution in [2.45, 2.75) is 16.4 Å². The van der Waals surface area contributed by atoms with E-state index in [4.69, 9.17) is 4.42 Å². The van der Waals surface area contributed by atoms with Gasteiger partial charge in [0.25, 0.3) is 11.1 Å². The van der Waals surface area contributed by atoms with Gasteiger partial charge in [-0.25, -0.2) is 0 Å². The maximum atomic E-state index is 5.95. The van der Waals surface area contributed by atoms with Crippen molar-refractivity contribution < 1.29 is 4.42 Å². The van der Waals surface area contributed by atoms with Crippen LogP contribution >= 0.6 is 23.5 Å². The highest BCUT2D eigenvalue weighted by molar-refractivity contribution is 8.00. The van der Waals surface area contributed by atoms with Crippen molar-refractivity contribution in [1.82, 2.24) is 34.9 Å². The summed E-state index contributed by atoms with van der Waals surface area (Å²) in [7, 11) is 0. The molecule has 0 saturated carbocycles. The number of nitrogens with zero attached hydrogens (tertiary/aromatic N) is 6. The Morgan fingerprint density at radius 2 is 2.00 bits per heavy atom. The van der Waals surface area contributed by atoms with Crippen molar-refractivity contribution >= 4 is 34.4 Å². The highest BCUT2D eigenvalue weighted by Crippen LogP contribution is 2.39. The van der Waals surface area contributed by atoms with E-state index in [1.807, 2.05) is 42.6 Å². The van der Waals surface area contributed by atoms with Gasteiger partial charge in [0, 0.05) is 46.6 Å². The number of para-hydroxylation sites is 1. The van der Waals surface area contributed by atoms with Crippen LogP contribution in [0.3, 0.4) is 0 Å². The SMILES string of the molecule is c1ccc2c(-c3nnc(SC[C@@H]4CSc5nnc(-c6ccncc6)n54)o3)c[nH]c2c1. The highest BCUT2D eigenvalue weighted by atomic mass is 32.2. The summed E-state index contributed by atoms with van der Waals surface area (Å²) in [5.74, 6) is 3.14. The average Bonchev–Trinajstić information content (AvgIpc) is 3.56. The average molecular weight is 434 g/mol. The molecule has 148 valence electrons. The van der Waals surface area contributed by atoms with Crippen LogP contribution in [0, 0.1) is 0 Å². The van der Waals surface area contributed by atoms with Gasteiger partial charge in [-0.05, 0) is 18.2 Å². The van der Waals surface area contributed by atoms with Crippen molar-refractivity contribution in [2.75, 3.05) is 11.5 Å². The Hall–Kier alpha value is -3.11. The number of fused-ring (bicyclic) bond motifs is 2. The smallest absolute Gasteiger partial charge is 0.276 e. The van der Waals surface area contributed by atoms with Crippen molar-refractivity contribution in [3.05, 3.63) is 55.0 Å². The van der Waals surface area contributed by atoms with Gasteiger partial charge in [0.1, 0.15) is 0 Å². The van der Waals surface area contributed by atoms with Crippen LogP contribution in [0.15, 0.2) is 69.8 Å². The molecule has 0 fully saturated rings. The van der Waals surface area contributed by atoms with E-state index in [9.17, 15) is 0 Å². The first-order valence-electron chi connectivity index (χ1n) is 9.38. The Bertz CT molecular complexity index is 1330. The largest absolute Gasteiger partial charge is 0.411 e. The molecule has 0 radical (unpaired) electrons. The van der Waals surface area contributed by atoms with Crippen LogP contribution in [-0.2, 0) is 0 Å². The Morgan fingerprint density at radius 1 is 1.10 bits per heavy atom. The molecule has 1 N–H and O–H groups in total. The fourth-order valence-electron chi connectivity index (χ4n) is 3.56. The quantitative estimate of drug-likeness (QED) is 0.410. The molecule has 8 nitrogen and oxygen atoms in total. The van der Waals surface area contributed by atoms with Gasteiger partial charge in [-0.2, -0.15) is 0 Å². The molecule has 5 aromatic rings. The molecule has 6 rings (SSSR count). The Labute approximate surface area is 179 Å². The van der Waals surface area contributed by atoms with Gasteiger partial charge < -0.3 is 9.40 Å². The minimum atomic E-state index is 0.247. The van der Waals surface area contributed by atoms with Crippen LogP contribution in [0.1, 0.15) is 6.04 Å². The molecule has 0 bridgehead atoms. The highest BCUT2D eigenvalue weighted by Gasteiger charge is 2.29. The number of aromatic amines is 1. The molecule has 1 aliphatic heterocycles. The summed E-state index contributed by atoms with van der Waals surface area (Å²) in [5, 5.41) is 19.8. The zero-order valence-electron chi connectivity index (χ0n) is 15.6. The van der Waals surface area contributed by atoms with Gasteiger partial charge in [-0.3, -0.25) is 9.55 Å². The number of nitrogens with one attached hydrogen (secondary N) is 1. The zero-order chi connectivity index (χ0) is 19.9. The standard InChI is InChI=1S/C20H15N7OS2/c1-2-4-16-14(3-1)15(9-22-16)18-24-26-20(28-18)30-11-13-10-29-19-25-23-17(27(13)19)12-5-7-21-8-6-12/h1-9,13,22H,10-11H2/t13-/m0/s1. The minimum absolute atomic E-state index is 0.247. The molecule has 0 spiro atoms. The first-order chi connectivity index (χ1) is 14.9. The van der Waals surface area contributed by atoms with Gasteiger partial charge >= 0.3 is 0 Å². The molecule has 0 aliphatic carbocycles. The molecule has 1 aromatic carbocycles. The second-order valence-electron chi connectivity index (χ2n) is 6.81. The lowest BCUT2D eigenvalue weighted by molar-refractivity contribution is 0.465. The van der Waals surface area contributed by atoms with Gasteiger partial charge in [0.2, 0.25) is 0 Å². The summed E-state index contributed by atoms with van der Waals surface area (Å²) < 4.78 is 8.14. The Kier molecular flexibility index (Phi) is 4.31. The zero-order valence-corrected chi connectivity index (χ0v) is 17.2. The molecule has 5 heterocycles. The van der Waals surface area contributed by atoms with Crippen molar-refractivity contribution in [3.8, 4) is 22.8 Å². The molecule has 0 saturated heterocycles. The van der Waals surface area contributed by atoms with Crippen molar-refractivity contribution in [1.29, 1.82) is 0 Å². The van der Waals surface area contributed by atoms with Crippen molar-refractivity contribution in [3.63, 3.8) is 0 Å². The number of aromatic nitrogens is 7. The summed E-state index contributed by atoms with van der Waals surface area (Å²) in [5.41, 5.74) is 2.98. The van der Waals surface area contributed by atoms with Crippen LogP contribution in [0.5, 0.6) is 0 Å². The number of thioether (sulfide) groups is 2. The van der Waals surface area contributed by atoms with Gasteiger partial charge in [0.15, 0.2) is 11.0 Å². The summed E-state index contributed by atoms with van der Waals surface area (Å²) >= 11 is 3.28. The second-order valence-corrected chi connectivity index (χ2v) is 8.77. The molecule has 4 aromatic heterocycles. The van der Waals surface area contributed by atoms with Gasteiger partial charge in [-0.1, -0.05) is 41.7 Å².